The van der Waals surface area contributed by atoms with Crippen molar-refractivity contribution in [1.82, 2.24) is 4.98 Å². The Morgan fingerprint density at radius 3 is 2.15 bits per heavy atom. The molecule has 4 heterocycles. The standard InChI is InChI=1S/C30H39FN4O5/c1-29(2,3)39-27(36)33-17-18-12-19(31)16-32-26(18)35(28(37)40-30(4,5)6)24-11-10-22(15-25(24)33)34-20-8-9-21(34)14-23(13-20)38-7/h10-12,15-16,20-21,23H,8-9,13-14,17H2,1-7H3/t20-,21+,23-. The summed E-state index contributed by atoms with van der Waals surface area (Å²) in [6.45, 7) is 10.7. The highest BCUT2D eigenvalue weighted by atomic mass is 19.1. The van der Waals surface area contributed by atoms with Crippen LogP contribution in [0.1, 0.15) is 72.8 Å². The topological polar surface area (TPSA) is 84.4 Å². The smallest absolute Gasteiger partial charge is 0.420 e. The molecule has 3 atom stereocenters. The second-order valence-electron chi connectivity index (χ2n) is 12.8. The minimum Gasteiger partial charge on any atom is -0.443 e. The van der Waals surface area contributed by atoms with Crippen LogP contribution in [0.5, 0.6) is 0 Å². The van der Waals surface area contributed by atoms with Gasteiger partial charge in [-0.25, -0.2) is 23.9 Å². The first-order valence-corrected chi connectivity index (χ1v) is 13.9. The number of pyridine rings is 1. The summed E-state index contributed by atoms with van der Waals surface area (Å²) in [6, 6.07) is 7.64. The van der Waals surface area contributed by atoms with Crippen LogP contribution in [-0.4, -0.2) is 53.7 Å². The molecule has 216 valence electrons. The first kappa shape index (κ1) is 28.1. The number of hydrogen-bond acceptors (Lipinski definition) is 7. The fourth-order valence-corrected chi connectivity index (χ4v) is 5.95. The van der Waals surface area contributed by atoms with E-state index in [9.17, 15) is 14.0 Å². The number of anilines is 4. The van der Waals surface area contributed by atoms with Crippen molar-refractivity contribution < 1.29 is 28.2 Å². The van der Waals surface area contributed by atoms with Crippen LogP contribution in [0.15, 0.2) is 30.5 Å². The molecular weight excluding hydrogens is 515 g/mol. The van der Waals surface area contributed by atoms with E-state index in [1.165, 1.54) is 15.9 Å². The van der Waals surface area contributed by atoms with E-state index >= 15 is 0 Å². The van der Waals surface area contributed by atoms with E-state index in [0.717, 1.165) is 37.6 Å². The van der Waals surface area contributed by atoms with Gasteiger partial charge >= 0.3 is 12.2 Å². The van der Waals surface area contributed by atoms with Gasteiger partial charge in [0.1, 0.15) is 22.8 Å². The molecule has 3 aliphatic heterocycles. The van der Waals surface area contributed by atoms with Crippen molar-refractivity contribution >= 4 is 35.1 Å². The maximum Gasteiger partial charge on any atom is 0.420 e. The van der Waals surface area contributed by atoms with E-state index in [0.29, 0.717) is 29.0 Å². The highest BCUT2D eigenvalue weighted by molar-refractivity contribution is 6.05. The largest absolute Gasteiger partial charge is 0.443 e. The Morgan fingerprint density at radius 2 is 1.55 bits per heavy atom. The van der Waals surface area contributed by atoms with Crippen LogP contribution >= 0.6 is 0 Å². The van der Waals surface area contributed by atoms with Gasteiger partial charge in [-0.15, -0.1) is 0 Å². The second kappa shape index (κ2) is 10.2. The molecule has 2 saturated heterocycles. The summed E-state index contributed by atoms with van der Waals surface area (Å²) in [7, 11) is 1.76. The molecule has 1 aromatic carbocycles. The van der Waals surface area contributed by atoms with Gasteiger partial charge in [0.2, 0.25) is 0 Å². The lowest BCUT2D eigenvalue weighted by atomic mass is 9.98. The summed E-state index contributed by atoms with van der Waals surface area (Å²) < 4.78 is 31.7. The normalized spacial score (nSPS) is 22.4. The molecule has 3 aliphatic rings. The van der Waals surface area contributed by atoms with Gasteiger partial charge in [0.05, 0.1) is 30.2 Å². The van der Waals surface area contributed by atoms with Gasteiger partial charge in [-0.1, -0.05) is 0 Å². The molecule has 9 nitrogen and oxygen atoms in total. The molecule has 0 unspecified atom stereocenters. The third-order valence-corrected chi connectivity index (χ3v) is 7.45. The summed E-state index contributed by atoms with van der Waals surface area (Å²) in [6.07, 6.45) is 4.00. The number of methoxy groups -OCH3 is 1. The van der Waals surface area contributed by atoms with Crippen LogP contribution in [0.4, 0.5) is 36.9 Å². The molecule has 5 rings (SSSR count). The molecule has 40 heavy (non-hydrogen) atoms. The van der Waals surface area contributed by atoms with Gasteiger partial charge in [-0.05, 0) is 91.5 Å². The molecule has 2 amide bonds. The fraction of sp³-hybridized carbons (Fsp3) is 0.567. The maximum absolute atomic E-state index is 14.5. The first-order valence-electron chi connectivity index (χ1n) is 13.9. The Balaban J connectivity index is 1.66. The van der Waals surface area contributed by atoms with Crippen LogP contribution in [0, 0.1) is 5.82 Å². The number of ether oxygens (including phenoxy) is 3. The summed E-state index contributed by atoms with van der Waals surface area (Å²) in [5, 5.41) is 0. The molecule has 10 heteroatoms. The number of carbonyl (C=O) groups is 2. The summed E-state index contributed by atoms with van der Waals surface area (Å²) >= 11 is 0. The zero-order chi connectivity index (χ0) is 29.0. The molecule has 0 radical (unpaired) electrons. The molecule has 0 spiro atoms. The second-order valence-corrected chi connectivity index (χ2v) is 12.8. The molecule has 0 aliphatic carbocycles. The number of amides is 2. The fourth-order valence-electron chi connectivity index (χ4n) is 5.95. The van der Waals surface area contributed by atoms with Crippen LogP contribution in [0.2, 0.25) is 0 Å². The van der Waals surface area contributed by atoms with Crippen molar-refractivity contribution in [3.8, 4) is 0 Å². The molecule has 0 saturated carbocycles. The van der Waals surface area contributed by atoms with E-state index in [2.05, 4.69) is 9.88 Å². The number of piperidine rings is 1. The number of rotatable bonds is 2. The summed E-state index contributed by atoms with van der Waals surface area (Å²) in [5.74, 6) is -0.368. The molecule has 2 fully saturated rings. The Kier molecular flexibility index (Phi) is 7.18. The van der Waals surface area contributed by atoms with Gasteiger partial charge in [-0.2, -0.15) is 0 Å². The van der Waals surface area contributed by atoms with Crippen molar-refractivity contribution in [3.63, 3.8) is 0 Å². The minimum absolute atomic E-state index is 0.0383. The third kappa shape index (κ3) is 5.59. The molecule has 2 aromatic rings. The van der Waals surface area contributed by atoms with Crippen LogP contribution in [0.25, 0.3) is 0 Å². The van der Waals surface area contributed by atoms with Crippen molar-refractivity contribution in [2.45, 2.75) is 103 Å². The molecular formula is C30H39FN4O5. The predicted octanol–water partition coefficient (Wildman–Crippen LogP) is 6.70. The highest BCUT2D eigenvalue weighted by Crippen LogP contribution is 2.46. The van der Waals surface area contributed by atoms with Crippen molar-refractivity contribution in [2.75, 3.05) is 21.8 Å². The van der Waals surface area contributed by atoms with E-state index < -0.39 is 29.2 Å². The van der Waals surface area contributed by atoms with Gasteiger partial charge < -0.3 is 19.1 Å². The number of fused-ring (bicyclic) bond motifs is 4. The SMILES string of the molecule is CO[C@@H]1C[C@H]2CC[C@@H](C1)N2c1ccc2c(c1)N(C(=O)OC(C)(C)C)Cc1cc(F)cnc1N2C(=O)OC(C)(C)C. The molecule has 0 N–H and O–H groups in total. The highest BCUT2D eigenvalue weighted by Gasteiger charge is 2.42. The number of hydrogen-bond donors (Lipinski definition) is 0. The lowest BCUT2D eigenvalue weighted by Gasteiger charge is -2.40. The molecule has 1 aromatic heterocycles. The number of halogens is 1. The Labute approximate surface area is 235 Å². The number of carbonyl (C=O) groups excluding carboxylic acids is 2. The zero-order valence-electron chi connectivity index (χ0n) is 24.4. The van der Waals surface area contributed by atoms with Gasteiger partial charge in [-0.3, -0.25) is 4.90 Å². The lowest BCUT2D eigenvalue weighted by molar-refractivity contribution is 0.0571. The van der Waals surface area contributed by atoms with Gasteiger partial charge in [0.15, 0.2) is 0 Å². The third-order valence-electron chi connectivity index (χ3n) is 7.45. The van der Waals surface area contributed by atoms with Crippen molar-refractivity contribution in [1.29, 1.82) is 0 Å². The number of benzene rings is 1. The Hall–Kier alpha value is -3.40. The summed E-state index contributed by atoms with van der Waals surface area (Å²) in [4.78, 5) is 36.8. The molecule has 2 bridgehead atoms. The van der Waals surface area contributed by atoms with Crippen LogP contribution < -0.4 is 14.7 Å². The van der Waals surface area contributed by atoms with E-state index in [1.54, 1.807) is 48.7 Å². The minimum atomic E-state index is -0.792. The average molecular weight is 555 g/mol. The lowest BCUT2D eigenvalue weighted by Crippen LogP contribution is -2.45. The van der Waals surface area contributed by atoms with E-state index in [4.69, 9.17) is 14.2 Å². The quantitative estimate of drug-likeness (QED) is 0.409. The van der Waals surface area contributed by atoms with E-state index in [-0.39, 0.29) is 18.5 Å². The number of nitrogens with zero attached hydrogens (tertiary/aromatic N) is 4. The Morgan fingerprint density at radius 1 is 0.925 bits per heavy atom. The monoisotopic (exact) mass is 554 g/mol. The predicted molar refractivity (Wildman–Crippen MR) is 151 cm³/mol. The Bertz CT molecular complexity index is 1290. The zero-order valence-corrected chi connectivity index (χ0v) is 24.4. The van der Waals surface area contributed by atoms with Gasteiger partial charge in [0, 0.05) is 30.4 Å². The van der Waals surface area contributed by atoms with Crippen molar-refractivity contribution in [2.24, 2.45) is 0 Å². The van der Waals surface area contributed by atoms with E-state index in [1.807, 2.05) is 18.2 Å². The maximum atomic E-state index is 14.5. The number of aromatic nitrogens is 1. The van der Waals surface area contributed by atoms with Crippen LogP contribution in [0.3, 0.4) is 0 Å². The summed E-state index contributed by atoms with van der Waals surface area (Å²) in [5.41, 5.74) is 0.611. The average Bonchev–Trinajstić information content (AvgIpc) is 3.02. The van der Waals surface area contributed by atoms with Gasteiger partial charge in [0.25, 0.3) is 0 Å². The van der Waals surface area contributed by atoms with Crippen molar-refractivity contribution in [3.05, 3.63) is 41.8 Å². The van der Waals surface area contributed by atoms with Crippen LogP contribution in [-0.2, 0) is 20.8 Å². The first-order chi connectivity index (χ1) is 18.7.